The first-order valence-electron chi connectivity index (χ1n) is 7.55. The van der Waals surface area contributed by atoms with Crippen molar-refractivity contribution in [1.29, 1.82) is 0 Å². The third kappa shape index (κ3) is 3.92. The number of halogens is 1. The zero-order valence-electron chi connectivity index (χ0n) is 13.4. The third-order valence-electron chi connectivity index (χ3n) is 3.60. The summed E-state index contributed by atoms with van der Waals surface area (Å²) in [6.07, 6.45) is 1.42. The average molecular weight is 338 g/mol. The number of rotatable bonds is 4. The Labute approximate surface area is 143 Å². The molecule has 0 radical (unpaired) electrons. The molecule has 0 aliphatic rings. The Balaban J connectivity index is 1.76. The summed E-state index contributed by atoms with van der Waals surface area (Å²) >= 11 is 0. The van der Waals surface area contributed by atoms with Crippen molar-refractivity contribution in [1.82, 2.24) is 0 Å². The monoisotopic (exact) mass is 338 g/mol. The van der Waals surface area contributed by atoms with Crippen LogP contribution >= 0.6 is 0 Å². The highest BCUT2D eigenvalue weighted by atomic mass is 19.1. The van der Waals surface area contributed by atoms with E-state index in [2.05, 4.69) is 10.6 Å². The second kappa shape index (κ2) is 7.00. The number of amides is 2. The number of carbonyl (C=O) groups is 2. The van der Waals surface area contributed by atoms with Crippen LogP contribution in [0.1, 0.15) is 26.5 Å². The number of hydrogen-bond donors (Lipinski definition) is 2. The predicted octanol–water partition coefficient (Wildman–Crippen LogP) is 4.23. The Morgan fingerprint density at radius 1 is 0.960 bits per heavy atom. The molecule has 2 N–H and O–H groups in total. The largest absolute Gasteiger partial charge is 0.459 e. The lowest BCUT2D eigenvalue weighted by Gasteiger charge is -2.11. The molecule has 0 fully saturated rings. The maximum absolute atomic E-state index is 13.0. The number of nitrogens with one attached hydrogen (secondary N) is 2. The van der Waals surface area contributed by atoms with Gasteiger partial charge >= 0.3 is 0 Å². The van der Waals surface area contributed by atoms with Crippen molar-refractivity contribution in [2.45, 2.75) is 6.92 Å². The Bertz CT molecular complexity index is 903. The van der Waals surface area contributed by atoms with Gasteiger partial charge in [0.1, 0.15) is 5.82 Å². The zero-order valence-corrected chi connectivity index (χ0v) is 13.4. The van der Waals surface area contributed by atoms with E-state index < -0.39 is 5.82 Å². The standard InChI is InChI=1S/C19H15FN2O3/c1-12-4-9-15(21-19(24)17-3-2-10-25-17)11-16(12)22-18(23)13-5-7-14(20)8-6-13/h2-11H,1H3,(H,21,24)(H,22,23). The second-order valence-corrected chi connectivity index (χ2v) is 5.42. The minimum Gasteiger partial charge on any atom is -0.459 e. The van der Waals surface area contributed by atoms with Crippen LogP contribution in [0, 0.1) is 12.7 Å². The second-order valence-electron chi connectivity index (χ2n) is 5.42. The minimum atomic E-state index is -0.407. The smallest absolute Gasteiger partial charge is 0.291 e. The van der Waals surface area contributed by atoms with Crippen molar-refractivity contribution < 1.29 is 18.4 Å². The first-order valence-corrected chi connectivity index (χ1v) is 7.55. The van der Waals surface area contributed by atoms with E-state index in [4.69, 9.17) is 4.42 Å². The lowest BCUT2D eigenvalue weighted by Crippen LogP contribution is -2.14. The maximum atomic E-state index is 13.0. The highest BCUT2D eigenvalue weighted by Gasteiger charge is 2.12. The molecule has 2 amide bonds. The van der Waals surface area contributed by atoms with Gasteiger partial charge in [0.2, 0.25) is 0 Å². The van der Waals surface area contributed by atoms with Crippen LogP contribution in [-0.2, 0) is 0 Å². The zero-order chi connectivity index (χ0) is 17.8. The first kappa shape index (κ1) is 16.4. The Morgan fingerprint density at radius 3 is 2.40 bits per heavy atom. The third-order valence-corrected chi connectivity index (χ3v) is 3.60. The molecule has 0 atom stereocenters. The molecule has 5 nitrogen and oxygen atoms in total. The van der Waals surface area contributed by atoms with Gasteiger partial charge in [-0.15, -0.1) is 0 Å². The van der Waals surface area contributed by atoms with Crippen LogP contribution in [0.25, 0.3) is 0 Å². The summed E-state index contributed by atoms with van der Waals surface area (Å²) in [6, 6.07) is 13.6. The number of carbonyl (C=O) groups excluding carboxylic acids is 2. The summed E-state index contributed by atoms with van der Waals surface area (Å²) < 4.78 is 18.0. The summed E-state index contributed by atoms with van der Waals surface area (Å²) in [5, 5.41) is 5.46. The summed E-state index contributed by atoms with van der Waals surface area (Å²) in [6.45, 7) is 1.83. The molecule has 1 heterocycles. The minimum absolute atomic E-state index is 0.192. The Kier molecular flexibility index (Phi) is 4.61. The van der Waals surface area contributed by atoms with Crippen molar-refractivity contribution in [3.05, 3.63) is 83.6 Å². The van der Waals surface area contributed by atoms with E-state index in [1.54, 1.807) is 30.3 Å². The van der Waals surface area contributed by atoms with Crippen LogP contribution in [0.3, 0.4) is 0 Å². The van der Waals surface area contributed by atoms with Crippen LogP contribution in [0.4, 0.5) is 15.8 Å². The van der Waals surface area contributed by atoms with Crippen LogP contribution < -0.4 is 10.6 Å². The highest BCUT2D eigenvalue weighted by Crippen LogP contribution is 2.22. The number of furan rings is 1. The topological polar surface area (TPSA) is 71.3 Å². The summed E-state index contributed by atoms with van der Waals surface area (Å²) in [5.74, 6) is -0.963. The van der Waals surface area contributed by atoms with Gasteiger partial charge in [0.05, 0.1) is 6.26 Å². The number of benzene rings is 2. The average Bonchev–Trinajstić information content (AvgIpc) is 3.13. The molecule has 2 aromatic carbocycles. The van der Waals surface area contributed by atoms with Crippen LogP contribution in [-0.4, -0.2) is 11.8 Å². The van der Waals surface area contributed by atoms with Gasteiger partial charge in [0.25, 0.3) is 11.8 Å². The van der Waals surface area contributed by atoms with Crippen LogP contribution in [0.15, 0.2) is 65.3 Å². The van der Waals surface area contributed by atoms with Gasteiger partial charge in [-0.25, -0.2) is 4.39 Å². The summed E-state index contributed by atoms with van der Waals surface area (Å²) in [4.78, 5) is 24.3. The highest BCUT2D eigenvalue weighted by molar-refractivity contribution is 6.06. The lowest BCUT2D eigenvalue weighted by molar-refractivity contribution is 0.0995. The van der Waals surface area contributed by atoms with Crippen molar-refractivity contribution in [3.8, 4) is 0 Å². The van der Waals surface area contributed by atoms with Gasteiger partial charge in [-0.05, 0) is 61.0 Å². The summed E-state index contributed by atoms with van der Waals surface area (Å²) in [7, 11) is 0. The van der Waals surface area contributed by atoms with Crippen molar-refractivity contribution in [2.75, 3.05) is 10.6 Å². The van der Waals surface area contributed by atoms with E-state index in [1.165, 1.54) is 30.5 Å². The van der Waals surface area contributed by atoms with E-state index in [0.717, 1.165) is 5.56 Å². The van der Waals surface area contributed by atoms with Gasteiger partial charge in [0, 0.05) is 16.9 Å². The molecule has 0 unspecified atom stereocenters. The quantitative estimate of drug-likeness (QED) is 0.748. The molecule has 0 saturated heterocycles. The van der Waals surface area contributed by atoms with E-state index in [-0.39, 0.29) is 17.6 Å². The molecule has 3 aromatic rings. The predicted molar refractivity (Wildman–Crippen MR) is 92.2 cm³/mol. The number of anilines is 2. The fourth-order valence-corrected chi connectivity index (χ4v) is 2.23. The Hall–Kier alpha value is -3.41. The summed E-state index contributed by atoms with van der Waals surface area (Å²) in [5.41, 5.74) is 2.23. The molecular formula is C19H15FN2O3. The van der Waals surface area contributed by atoms with E-state index in [0.29, 0.717) is 16.9 Å². The molecule has 6 heteroatoms. The van der Waals surface area contributed by atoms with Gasteiger partial charge in [-0.1, -0.05) is 6.07 Å². The van der Waals surface area contributed by atoms with Gasteiger partial charge in [0.15, 0.2) is 5.76 Å². The molecule has 0 bridgehead atoms. The lowest BCUT2D eigenvalue weighted by atomic mass is 10.1. The van der Waals surface area contributed by atoms with Crippen LogP contribution in [0.5, 0.6) is 0 Å². The molecule has 0 aliphatic heterocycles. The molecule has 0 saturated carbocycles. The van der Waals surface area contributed by atoms with Crippen molar-refractivity contribution >= 4 is 23.2 Å². The van der Waals surface area contributed by atoms with E-state index >= 15 is 0 Å². The number of aryl methyl sites for hydroxylation is 1. The molecule has 0 aliphatic carbocycles. The number of hydrogen-bond acceptors (Lipinski definition) is 3. The normalized spacial score (nSPS) is 10.3. The van der Waals surface area contributed by atoms with Crippen molar-refractivity contribution in [2.24, 2.45) is 0 Å². The fourth-order valence-electron chi connectivity index (χ4n) is 2.23. The first-order chi connectivity index (χ1) is 12.0. The fraction of sp³-hybridized carbons (Fsp3) is 0.0526. The van der Waals surface area contributed by atoms with Crippen LogP contribution in [0.2, 0.25) is 0 Å². The molecule has 3 rings (SSSR count). The molecular weight excluding hydrogens is 323 g/mol. The van der Waals surface area contributed by atoms with E-state index in [9.17, 15) is 14.0 Å². The van der Waals surface area contributed by atoms with E-state index in [1.807, 2.05) is 6.92 Å². The maximum Gasteiger partial charge on any atom is 0.291 e. The molecule has 1 aromatic heterocycles. The molecule has 126 valence electrons. The van der Waals surface area contributed by atoms with Gasteiger partial charge in [-0.2, -0.15) is 0 Å². The SMILES string of the molecule is Cc1ccc(NC(=O)c2ccco2)cc1NC(=O)c1ccc(F)cc1. The van der Waals surface area contributed by atoms with Crippen molar-refractivity contribution in [3.63, 3.8) is 0 Å². The molecule has 25 heavy (non-hydrogen) atoms. The molecule has 0 spiro atoms. The van der Waals surface area contributed by atoms with Gasteiger partial charge < -0.3 is 15.1 Å². The van der Waals surface area contributed by atoms with Gasteiger partial charge in [-0.3, -0.25) is 9.59 Å². The Morgan fingerprint density at radius 2 is 1.72 bits per heavy atom.